The third kappa shape index (κ3) is 3.00. The number of nitrogens with zero attached hydrogens (tertiary/aromatic N) is 2. The Balaban J connectivity index is 2.01. The van der Waals surface area contributed by atoms with Crippen molar-refractivity contribution in [3.05, 3.63) is 65.4 Å². The Morgan fingerprint density at radius 3 is 2.21 bits per heavy atom. The van der Waals surface area contributed by atoms with Crippen molar-refractivity contribution in [3.63, 3.8) is 0 Å². The van der Waals surface area contributed by atoms with Gasteiger partial charge in [-0.25, -0.2) is 0 Å². The van der Waals surface area contributed by atoms with E-state index in [9.17, 15) is 4.39 Å². The fourth-order valence-corrected chi connectivity index (χ4v) is 3.15. The summed E-state index contributed by atoms with van der Waals surface area (Å²) in [4.78, 5) is 3.88. The van der Waals surface area contributed by atoms with E-state index in [-0.39, 0.29) is 16.8 Å². The Labute approximate surface area is 145 Å². The number of benzene rings is 1. The van der Waals surface area contributed by atoms with E-state index in [1.54, 1.807) is 11.0 Å². The standard InChI is InChI=1S/C21H27FN2/c1-20(2,3)15-11-16-13-23(14-24(16)19(22)12-15)18-10-8-7-9-17(18)21(4,5)6/h7-13H,14H2,1-6H3. The highest BCUT2D eigenvalue weighted by Crippen LogP contribution is 2.39. The normalized spacial score (nSPS) is 18.2. The van der Waals surface area contributed by atoms with Crippen molar-refractivity contribution in [2.24, 2.45) is 5.41 Å². The second-order valence-electron chi connectivity index (χ2n) is 8.68. The Bertz CT molecular complexity index is 742. The highest BCUT2D eigenvalue weighted by atomic mass is 19.1. The van der Waals surface area contributed by atoms with Gasteiger partial charge in [0.15, 0.2) is 5.95 Å². The largest absolute Gasteiger partial charge is 0.327 e. The van der Waals surface area contributed by atoms with E-state index in [2.05, 4.69) is 76.9 Å². The van der Waals surface area contributed by atoms with Crippen LogP contribution in [0.15, 0.2) is 59.8 Å². The summed E-state index contributed by atoms with van der Waals surface area (Å²) in [6.45, 7) is 13.5. The predicted octanol–water partition coefficient (Wildman–Crippen LogP) is 5.70. The van der Waals surface area contributed by atoms with Gasteiger partial charge in [0.1, 0.15) is 6.67 Å². The Morgan fingerprint density at radius 2 is 1.58 bits per heavy atom. The first kappa shape index (κ1) is 16.8. The molecule has 0 spiro atoms. The summed E-state index contributed by atoms with van der Waals surface area (Å²) in [5.74, 6) is -0.176. The van der Waals surface area contributed by atoms with Crippen LogP contribution in [0.3, 0.4) is 0 Å². The molecule has 2 nitrogen and oxygen atoms in total. The maximum atomic E-state index is 14.6. The number of para-hydroxylation sites is 1. The summed E-state index contributed by atoms with van der Waals surface area (Å²) >= 11 is 0. The number of rotatable bonds is 1. The van der Waals surface area contributed by atoms with Gasteiger partial charge in [-0.15, -0.1) is 0 Å². The van der Waals surface area contributed by atoms with Crippen molar-refractivity contribution in [1.82, 2.24) is 4.90 Å². The van der Waals surface area contributed by atoms with Crippen LogP contribution < -0.4 is 4.90 Å². The van der Waals surface area contributed by atoms with Crippen LogP contribution in [0.4, 0.5) is 10.1 Å². The molecule has 0 atom stereocenters. The average Bonchev–Trinajstić information content (AvgIpc) is 2.90. The van der Waals surface area contributed by atoms with Crippen molar-refractivity contribution in [2.75, 3.05) is 11.6 Å². The van der Waals surface area contributed by atoms with Gasteiger partial charge in [0, 0.05) is 11.9 Å². The van der Waals surface area contributed by atoms with Crippen LogP contribution >= 0.6 is 0 Å². The van der Waals surface area contributed by atoms with E-state index in [1.165, 1.54) is 5.56 Å². The number of allylic oxidation sites excluding steroid dienone is 3. The highest BCUT2D eigenvalue weighted by Gasteiger charge is 2.31. The van der Waals surface area contributed by atoms with Crippen LogP contribution in [0.5, 0.6) is 0 Å². The maximum absolute atomic E-state index is 14.6. The molecule has 2 aliphatic heterocycles. The molecule has 24 heavy (non-hydrogen) atoms. The highest BCUT2D eigenvalue weighted by molar-refractivity contribution is 5.61. The zero-order valence-electron chi connectivity index (χ0n) is 15.5. The lowest BCUT2D eigenvalue weighted by atomic mass is 9.85. The van der Waals surface area contributed by atoms with Crippen molar-refractivity contribution in [1.29, 1.82) is 0 Å². The van der Waals surface area contributed by atoms with Gasteiger partial charge in [0.2, 0.25) is 0 Å². The smallest absolute Gasteiger partial charge is 0.195 e. The molecule has 0 fully saturated rings. The minimum absolute atomic E-state index is 0.0407. The summed E-state index contributed by atoms with van der Waals surface area (Å²) in [6.07, 6.45) is 5.82. The second kappa shape index (κ2) is 5.51. The first-order valence-electron chi connectivity index (χ1n) is 8.52. The van der Waals surface area contributed by atoms with Gasteiger partial charge >= 0.3 is 0 Å². The predicted molar refractivity (Wildman–Crippen MR) is 99.1 cm³/mol. The lowest BCUT2D eigenvalue weighted by Crippen LogP contribution is -2.28. The van der Waals surface area contributed by atoms with Crippen LogP contribution in [-0.4, -0.2) is 11.6 Å². The van der Waals surface area contributed by atoms with Crippen LogP contribution in [-0.2, 0) is 5.41 Å². The monoisotopic (exact) mass is 326 g/mol. The molecule has 0 bridgehead atoms. The van der Waals surface area contributed by atoms with Crippen LogP contribution in [0.25, 0.3) is 0 Å². The number of anilines is 1. The van der Waals surface area contributed by atoms with Gasteiger partial charge < -0.3 is 4.90 Å². The first-order chi connectivity index (χ1) is 11.1. The molecule has 3 rings (SSSR count). The molecule has 0 aromatic heterocycles. The fourth-order valence-electron chi connectivity index (χ4n) is 3.15. The zero-order chi connectivity index (χ0) is 17.7. The van der Waals surface area contributed by atoms with E-state index < -0.39 is 0 Å². The minimum Gasteiger partial charge on any atom is -0.327 e. The number of halogens is 1. The second-order valence-corrected chi connectivity index (χ2v) is 8.68. The molecule has 0 saturated carbocycles. The molecule has 0 aliphatic carbocycles. The van der Waals surface area contributed by atoms with Crippen molar-refractivity contribution in [2.45, 2.75) is 47.0 Å². The van der Waals surface area contributed by atoms with Gasteiger partial charge in [-0.05, 0) is 40.2 Å². The summed E-state index contributed by atoms with van der Waals surface area (Å²) in [6, 6.07) is 8.39. The zero-order valence-corrected chi connectivity index (χ0v) is 15.5. The molecule has 128 valence electrons. The molecule has 0 unspecified atom stereocenters. The van der Waals surface area contributed by atoms with Crippen LogP contribution in [0, 0.1) is 5.41 Å². The fraction of sp³-hybridized carbons (Fsp3) is 0.429. The third-order valence-corrected chi connectivity index (χ3v) is 4.62. The quantitative estimate of drug-likeness (QED) is 0.611. The molecule has 0 radical (unpaired) electrons. The molecule has 2 aliphatic rings. The van der Waals surface area contributed by atoms with Crippen molar-refractivity contribution in [3.8, 4) is 0 Å². The molecular formula is C21H27FN2. The first-order valence-corrected chi connectivity index (χ1v) is 8.52. The number of fused-ring (bicyclic) bond motifs is 1. The van der Waals surface area contributed by atoms with E-state index in [4.69, 9.17) is 0 Å². The summed E-state index contributed by atoms with van der Waals surface area (Å²) in [5.41, 5.74) is 4.33. The van der Waals surface area contributed by atoms with Crippen LogP contribution in [0.1, 0.15) is 47.1 Å². The molecule has 3 heteroatoms. The Kier molecular flexibility index (Phi) is 3.86. The Hall–Kier alpha value is -2.03. The van der Waals surface area contributed by atoms with Gasteiger partial charge in [-0.3, -0.25) is 4.90 Å². The molecule has 1 aromatic rings. The molecule has 0 saturated heterocycles. The van der Waals surface area contributed by atoms with Crippen molar-refractivity contribution >= 4 is 5.69 Å². The minimum atomic E-state index is -0.176. The van der Waals surface area contributed by atoms with E-state index >= 15 is 0 Å². The SMILES string of the molecule is CC(C)(C)C1=CC2=CN(c3ccccc3C(C)(C)C)CN2C(F)=C1. The lowest BCUT2D eigenvalue weighted by Gasteiger charge is -2.30. The van der Waals surface area contributed by atoms with Crippen LogP contribution in [0.2, 0.25) is 0 Å². The molecule has 0 N–H and O–H groups in total. The molecular weight excluding hydrogens is 299 g/mol. The topological polar surface area (TPSA) is 6.48 Å². The summed E-state index contributed by atoms with van der Waals surface area (Å²) in [5, 5.41) is 0. The van der Waals surface area contributed by atoms with E-state index in [1.807, 2.05) is 6.07 Å². The Morgan fingerprint density at radius 1 is 0.917 bits per heavy atom. The van der Waals surface area contributed by atoms with Gasteiger partial charge in [-0.1, -0.05) is 59.7 Å². The van der Waals surface area contributed by atoms with Crippen molar-refractivity contribution < 1.29 is 4.39 Å². The van der Waals surface area contributed by atoms with E-state index in [0.717, 1.165) is 17.0 Å². The average molecular weight is 326 g/mol. The van der Waals surface area contributed by atoms with Gasteiger partial charge in [-0.2, -0.15) is 4.39 Å². The molecule has 2 heterocycles. The molecule has 0 amide bonds. The van der Waals surface area contributed by atoms with E-state index in [0.29, 0.717) is 6.67 Å². The number of hydrogen-bond donors (Lipinski definition) is 0. The third-order valence-electron chi connectivity index (χ3n) is 4.62. The maximum Gasteiger partial charge on any atom is 0.195 e. The number of hydrogen-bond acceptors (Lipinski definition) is 2. The lowest BCUT2D eigenvalue weighted by molar-refractivity contribution is 0.348. The van der Waals surface area contributed by atoms with Gasteiger partial charge in [0.25, 0.3) is 0 Å². The molecule has 1 aromatic carbocycles. The summed E-state index contributed by atoms with van der Waals surface area (Å²) < 4.78 is 14.6. The summed E-state index contributed by atoms with van der Waals surface area (Å²) in [7, 11) is 0. The van der Waals surface area contributed by atoms with Gasteiger partial charge in [0.05, 0.1) is 5.70 Å².